The van der Waals surface area contributed by atoms with E-state index in [1.165, 1.54) is 13.8 Å². The minimum atomic E-state index is -1.84. The summed E-state index contributed by atoms with van der Waals surface area (Å²) in [5.41, 5.74) is 5.52. The maximum absolute atomic E-state index is 13.6. The lowest BCUT2D eigenvalue weighted by Gasteiger charge is -2.27. The average molecular weight is 1070 g/mol. The van der Waals surface area contributed by atoms with Crippen molar-refractivity contribution >= 4 is 76.9 Å². The van der Waals surface area contributed by atoms with Gasteiger partial charge in [-0.2, -0.15) is 0 Å². The molecule has 0 bridgehead atoms. The maximum atomic E-state index is 13.6. The molecule has 33 heteroatoms. The van der Waals surface area contributed by atoms with Crippen LogP contribution in [0.5, 0.6) is 0 Å². The molecular weight excluding hydrogens is 995 g/mol. The number of aliphatic carboxylic acids is 1. The van der Waals surface area contributed by atoms with E-state index in [0.717, 1.165) is 20.8 Å². The van der Waals surface area contributed by atoms with Gasteiger partial charge >= 0.3 is 5.97 Å². The molecule has 0 rings (SSSR count). The number of aliphatic hydroxyl groups is 3. The highest BCUT2D eigenvalue weighted by Crippen LogP contribution is 2.07. The number of hydrogen-bond acceptors (Lipinski definition) is 20. The third-order valence-electron chi connectivity index (χ3n) is 10.3. The summed E-state index contributed by atoms with van der Waals surface area (Å²) in [6.07, 6.45) is -1.07. The zero-order chi connectivity index (χ0) is 56.8. The van der Waals surface area contributed by atoms with Gasteiger partial charge in [-0.05, 0) is 44.4 Å². The number of nitrogens with one attached hydrogen (secondary N) is 9. The van der Waals surface area contributed by atoms with Gasteiger partial charge in [0.1, 0.15) is 48.8 Å². The predicted octanol–water partition coefficient (Wildman–Crippen LogP) is -8.66. The van der Waals surface area contributed by atoms with Crippen LogP contribution in [-0.2, 0) is 62.3 Å². The Labute approximate surface area is 423 Å². The molecule has 7 atom stereocenters. The van der Waals surface area contributed by atoms with Gasteiger partial charge < -0.3 is 74.0 Å². The Bertz CT molecular complexity index is 1960. The lowest BCUT2D eigenvalue weighted by atomic mass is 10.0. The molecule has 0 heterocycles. The molecule has 12 amide bonds. The van der Waals surface area contributed by atoms with Gasteiger partial charge in [-0.1, -0.05) is 13.8 Å². The molecule has 420 valence electrons. The highest BCUT2D eigenvalue weighted by atomic mass is 16.5. The Morgan fingerprint density at radius 2 is 0.757 bits per heavy atom. The molecule has 0 aliphatic carbocycles. The fourth-order valence-electron chi connectivity index (χ4n) is 6.04. The summed E-state index contributed by atoms with van der Waals surface area (Å²) in [7, 11) is 0. The molecule has 0 aromatic carbocycles. The van der Waals surface area contributed by atoms with Crippen LogP contribution in [0.15, 0.2) is 0 Å². The second-order valence-electron chi connectivity index (χ2n) is 16.7. The lowest BCUT2D eigenvalue weighted by Crippen LogP contribution is -2.60. The third-order valence-corrected chi connectivity index (χ3v) is 10.3. The van der Waals surface area contributed by atoms with Crippen LogP contribution in [0.25, 0.3) is 0 Å². The van der Waals surface area contributed by atoms with Crippen LogP contribution < -0.4 is 53.6 Å². The molecule has 74 heavy (non-hydrogen) atoms. The van der Waals surface area contributed by atoms with E-state index in [1.54, 1.807) is 0 Å². The second kappa shape index (κ2) is 35.1. The molecular formula is C41H71N13O20. The van der Waals surface area contributed by atoms with Crippen LogP contribution in [0.1, 0.15) is 73.1 Å². The van der Waals surface area contributed by atoms with E-state index >= 15 is 0 Å². The van der Waals surface area contributed by atoms with Crippen LogP contribution in [0.2, 0.25) is 0 Å². The van der Waals surface area contributed by atoms with Crippen molar-refractivity contribution in [3.8, 4) is 0 Å². The van der Waals surface area contributed by atoms with Gasteiger partial charge in [0.2, 0.25) is 70.9 Å². The first-order valence-corrected chi connectivity index (χ1v) is 22.9. The predicted molar refractivity (Wildman–Crippen MR) is 248 cm³/mol. The topological polar surface area (TPSA) is 508 Å². The van der Waals surface area contributed by atoms with Crippen LogP contribution in [0.3, 0.4) is 0 Å². The monoisotopic (exact) mass is 1070 g/mol. The van der Waals surface area contributed by atoms with E-state index in [2.05, 4.69) is 47.9 Å². The van der Waals surface area contributed by atoms with E-state index in [4.69, 9.17) is 10.8 Å². The van der Waals surface area contributed by atoms with Gasteiger partial charge in [0.05, 0.1) is 32.9 Å². The quantitative estimate of drug-likeness (QED) is 0.0207. The van der Waals surface area contributed by atoms with Crippen LogP contribution in [0, 0.1) is 5.92 Å². The molecule has 0 saturated carbocycles. The molecule has 0 aromatic heterocycles. The van der Waals surface area contributed by atoms with Crippen molar-refractivity contribution in [2.45, 2.75) is 115 Å². The molecule has 0 aliphatic heterocycles. The summed E-state index contributed by atoms with van der Waals surface area (Å²) >= 11 is 0. The van der Waals surface area contributed by atoms with Crippen molar-refractivity contribution in [3.05, 3.63) is 0 Å². The zero-order valence-corrected chi connectivity index (χ0v) is 41.6. The minimum Gasteiger partial charge on any atom is -0.480 e. The second-order valence-corrected chi connectivity index (χ2v) is 16.7. The molecule has 0 spiro atoms. The normalized spacial score (nSPS) is 13.6. The number of carboxylic acid groups (broad SMARTS) is 1. The standard InChI is InChI=1S/C41H71N13O20/c1-21(2)34(51-32(62)16-43-37(67)27(47-35(65)25(42)18-55)10-7-13-53(73)23(4)59)41(71)50-30(20-57)40(70)48-28(11-8-14-54(74)24(5)60)39(69)49-29(19-56)38(68)44-15-31(61)46-26(36(66)45-17-33(63)64)9-6-12-52(72)22(3)58/h21,25-30,34,55-57,72-74H,6-20,42H2,1-5H3,(H,43,67)(H,44,68)(H,45,66)(H,46,61)(H,47,65)(H,48,70)(H,49,69)(H,50,71)(H,51,62)(H,63,64)/t25-,26?,27?,28?,29+,30+,34+/m0/s1. The number of rotatable bonds is 35. The molecule has 0 radical (unpaired) electrons. The Morgan fingerprint density at radius 3 is 1.15 bits per heavy atom. The summed E-state index contributed by atoms with van der Waals surface area (Å²) in [4.78, 5) is 163. The van der Waals surface area contributed by atoms with Crippen LogP contribution >= 0.6 is 0 Å². The summed E-state index contributed by atoms with van der Waals surface area (Å²) in [6.45, 7) is -0.248. The number of carbonyl (C=O) groups excluding carboxylic acids is 12. The summed E-state index contributed by atoms with van der Waals surface area (Å²) < 4.78 is 0. The Hall–Kier alpha value is -7.17. The first-order chi connectivity index (χ1) is 34.6. The minimum absolute atomic E-state index is 0.0223. The van der Waals surface area contributed by atoms with Gasteiger partial charge in [-0.25, -0.2) is 15.2 Å². The molecule has 18 N–H and O–H groups in total. The largest absolute Gasteiger partial charge is 0.480 e. The van der Waals surface area contributed by atoms with E-state index in [9.17, 15) is 93.3 Å². The molecule has 0 aromatic rings. The van der Waals surface area contributed by atoms with Crippen molar-refractivity contribution in [2.24, 2.45) is 11.7 Å². The molecule has 3 unspecified atom stereocenters. The van der Waals surface area contributed by atoms with E-state index < -0.39 is 171 Å². The Balaban J connectivity index is 6.03. The number of aliphatic hydroxyl groups excluding tert-OH is 3. The Morgan fingerprint density at radius 1 is 0.432 bits per heavy atom. The highest BCUT2D eigenvalue weighted by molar-refractivity contribution is 5.97. The van der Waals surface area contributed by atoms with Gasteiger partial charge in [0, 0.05) is 40.4 Å². The third kappa shape index (κ3) is 26.5. The van der Waals surface area contributed by atoms with Crippen molar-refractivity contribution < 1.29 is 98.4 Å². The zero-order valence-electron chi connectivity index (χ0n) is 41.6. The number of carbonyl (C=O) groups is 13. The van der Waals surface area contributed by atoms with Crippen molar-refractivity contribution in [1.29, 1.82) is 0 Å². The Kier molecular flexibility index (Phi) is 31.7. The highest BCUT2D eigenvalue weighted by Gasteiger charge is 2.33. The lowest BCUT2D eigenvalue weighted by molar-refractivity contribution is -0.163. The molecule has 0 aliphatic rings. The summed E-state index contributed by atoms with van der Waals surface area (Å²) in [6, 6.07) is -11.0. The van der Waals surface area contributed by atoms with Crippen molar-refractivity contribution in [1.82, 2.24) is 63.0 Å². The summed E-state index contributed by atoms with van der Waals surface area (Å²) in [5, 5.41) is 88.4. The van der Waals surface area contributed by atoms with Crippen molar-refractivity contribution in [2.75, 3.05) is 59.1 Å². The maximum Gasteiger partial charge on any atom is 0.322 e. The van der Waals surface area contributed by atoms with E-state index in [0.29, 0.717) is 10.1 Å². The van der Waals surface area contributed by atoms with Gasteiger partial charge in [-0.3, -0.25) is 78.0 Å². The number of nitrogens with zero attached hydrogens (tertiary/aromatic N) is 3. The van der Waals surface area contributed by atoms with Gasteiger partial charge in [-0.15, -0.1) is 0 Å². The number of hydrogen-bond donors (Lipinski definition) is 17. The fraction of sp³-hybridized carbons (Fsp3) is 0.683. The van der Waals surface area contributed by atoms with Crippen LogP contribution in [-0.4, -0.2) is 229 Å². The molecule has 0 saturated heterocycles. The number of carboxylic acids is 1. The SMILES string of the molecule is CC(=O)N(O)CCCC(NC(=O)CNC(=O)[C@@H](CO)NC(=O)C(CCCN(O)C(C)=O)NC(=O)[C@@H](CO)NC(=O)[C@H](NC(=O)CNC(=O)C(CCCN(O)C(C)=O)NC(=O)[C@@H](N)CO)C(C)C)C(=O)NCC(=O)O. The fourth-order valence-corrected chi connectivity index (χ4v) is 6.04. The first-order valence-electron chi connectivity index (χ1n) is 22.9. The smallest absolute Gasteiger partial charge is 0.322 e. The number of amides is 12. The number of hydroxylamine groups is 6. The molecule has 0 fully saturated rings. The average Bonchev–Trinajstić information content (AvgIpc) is 3.34. The van der Waals surface area contributed by atoms with E-state index in [-0.39, 0.29) is 56.8 Å². The summed E-state index contributed by atoms with van der Waals surface area (Å²) in [5.74, 6) is -13.8. The van der Waals surface area contributed by atoms with Crippen molar-refractivity contribution in [3.63, 3.8) is 0 Å². The van der Waals surface area contributed by atoms with E-state index in [1.807, 2.05) is 0 Å². The number of nitrogens with two attached hydrogens (primary N) is 1. The molecule has 33 nitrogen and oxygen atoms in total. The van der Waals surface area contributed by atoms with Gasteiger partial charge in [0.15, 0.2) is 0 Å². The van der Waals surface area contributed by atoms with Gasteiger partial charge in [0.25, 0.3) is 0 Å². The first kappa shape index (κ1) is 66.8. The van der Waals surface area contributed by atoms with Crippen LogP contribution in [0.4, 0.5) is 0 Å².